The fourth-order valence-electron chi connectivity index (χ4n) is 2.32. The van der Waals surface area contributed by atoms with E-state index in [0.29, 0.717) is 18.7 Å². The molecule has 1 N–H and O–H groups in total. The molecule has 0 aliphatic carbocycles. The van der Waals surface area contributed by atoms with Gasteiger partial charge in [-0.2, -0.15) is 5.26 Å². The number of hydrogen-bond donors (Lipinski definition) is 1. The predicted molar refractivity (Wildman–Crippen MR) is 90.5 cm³/mol. The molecule has 0 bridgehead atoms. The Balaban J connectivity index is 2.06. The molecular weight excluding hydrogens is 288 g/mol. The van der Waals surface area contributed by atoms with Crippen molar-refractivity contribution in [1.29, 1.82) is 5.26 Å². The van der Waals surface area contributed by atoms with E-state index in [0.717, 1.165) is 22.6 Å². The standard InChI is InChI=1S/C19H22N2O2/c1-14(2)23-19-17(8-5-9-18(19)22-3)13-21-12-16-7-4-6-15(10-16)11-20/h4-10,14,21H,12-13H2,1-3H3. The summed E-state index contributed by atoms with van der Waals surface area (Å²) in [6.07, 6.45) is 0.0809. The molecule has 2 aromatic carbocycles. The number of hydrogen-bond acceptors (Lipinski definition) is 4. The quantitative estimate of drug-likeness (QED) is 0.848. The van der Waals surface area contributed by atoms with E-state index in [1.54, 1.807) is 13.2 Å². The minimum Gasteiger partial charge on any atom is -0.493 e. The average Bonchev–Trinajstić information content (AvgIpc) is 2.56. The van der Waals surface area contributed by atoms with Crippen LogP contribution in [0.1, 0.15) is 30.5 Å². The monoisotopic (exact) mass is 310 g/mol. The van der Waals surface area contributed by atoms with Crippen molar-refractivity contribution in [2.45, 2.75) is 33.0 Å². The highest BCUT2D eigenvalue weighted by Gasteiger charge is 2.11. The normalized spacial score (nSPS) is 10.4. The van der Waals surface area contributed by atoms with Gasteiger partial charge in [0.25, 0.3) is 0 Å². The summed E-state index contributed by atoms with van der Waals surface area (Å²) < 4.78 is 11.3. The van der Waals surface area contributed by atoms with Crippen molar-refractivity contribution in [3.63, 3.8) is 0 Å². The highest BCUT2D eigenvalue weighted by molar-refractivity contribution is 5.46. The number of nitrogens with one attached hydrogen (secondary N) is 1. The third-order valence-corrected chi connectivity index (χ3v) is 3.33. The minimum atomic E-state index is 0.0809. The molecule has 2 aromatic rings. The first-order chi connectivity index (χ1) is 11.1. The van der Waals surface area contributed by atoms with Crippen LogP contribution >= 0.6 is 0 Å². The van der Waals surface area contributed by atoms with Crippen molar-refractivity contribution in [3.05, 3.63) is 59.2 Å². The summed E-state index contributed by atoms with van der Waals surface area (Å²) in [5, 5.41) is 12.3. The van der Waals surface area contributed by atoms with Gasteiger partial charge in [-0.25, -0.2) is 0 Å². The summed E-state index contributed by atoms with van der Waals surface area (Å²) in [4.78, 5) is 0. The maximum Gasteiger partial charge on any atom is 0.166 e. The molecule has 0 fully saturated rings. The molecule has 0 radical (unpaired) electrons. The van der Waals surface area contributed by atoms with Gasteiger partial charge in [-0.3, -0.25) is 0 Å². The van der Waals surface area contributed by atoms with Gasteiger partial charge in [-0.05, 0) is 37.6 Å². The second-order valence-corrected chi connectivity index (χ2v) is 5.53. The number of para-hydroxylation sites is 1. The Bertz CT molecular complexity index is 690. The van der Waals surface area contributed by atoms with Gasteiger partial charge in [0, 0.05) is 18.7 Å². The minimum absolute atomic E-state index is 0.0809. The van der Waals surface area contributed by atoms with Crippen LogP contribution in [0.25, 0.3) is 0 Å². The molecule has 4 heteroatoms. The van der Waals surface area contributed by atoms with Crippen LogP contribution in [0.4, 0.5) is 0 Å². The summed E-state index contributed by atoms with van der Waals surface area (Å²) in [6.45, 7) is 5.35. The summed E-state index contributed by atoms with van der Waals surface area (Å²) in [5.74, 6) is 1.52. The topological polar surface area (TPSA) is 54.3 Å². The van der Waals surface area contributed by atoms with Gasteiger partial charge in [0.1, 0.15) is 0 Å². The van der Waals surface area contributed by atoms with Gasteiger partial charge in [0.05, 0.1) is 24.8 Å². The zero-order valence-electron chi connectivity index (χ0n) is 13.8. The second kappa shape index (κ2) is 8.21. The van der Waals surface area contributed by atoms with E-state index >= 15 is 0 Å². The molecule has 0 saturated heterocycles. The molecule has 0 aromatic heterocycles. The first-order valence-corrected chi connectivity index (χ1v) is 7.66. The van der Waals surface area contributed by atoms with Gasteiger partial charge in [0.2, 0.25) is 0 Å². The molecule has 0 aliphatic heterocycles. The smallest absolute Gasteiger partial charge is 0.166 e. The van der Waals surface area contributed by atoms with Crippen LogP contribution in [0.2, 0.25) is 0 Å². The molecule has 0 unspecified atom stereocenters. The molecule has 120 valence electrons. The van der Waals surface area contributed by atoms with Gasteiger partial charge in [-0.1, -0.05) is 24.3 Å². The molecule has 4 nitrogen and oxygen atoms in total. The van der Waals surface area contributed by atoms with Crippen LogP contribution in [-0.4, -0.2) is 13.2 Å². The highest BCUT2D eigenvalue weighted by atomic mass is 16.5. The molecule has 0 spiro atoms. The molecule has 0 aliphatic rings. The maximum absolute atomic E-state index is 8.94. The Labute approximate surface area is 137 Å². The van der Waals surface area contributed by atoms with Gasteiger partial charge in [0.15, 0.2) is 11.5 Å². The summed E-state index contributed by atoms with van der Waals surface area (Å²) in [6, 6.07) is 15.6. The van der Waals surface area contributed by atoms with Crippen molar-refractivity contribution in [3.8, 4) is 17.6 Å². The van der Waals surface area contributed by atoms with Crippen LogP contribution in [0.3, 0.4) is 0 Å². The molecule has 0 saturated carbocycles. The lowest BCUT2D eigenvalue weighted by atomic mass is 10.1. The van der Waals surface area contributed by atoms with Crippen molar-refractivity contribution >= 4 is 0 Å². The number of methoxy groups -OCH3 is 1. The average molecular weight is 310 g/mol. The van der Waals surface area contributed by atoms with Crippen LogP contribution in [0.5, 0.6) is 11.5 Å². The lowest BCUT2D eigenvalue weighted by molar-refractivity contribution is 0.227. The first kappa shape index (κ1) is 16.9. The van der Waals surface area contributed by atoms with E-state index in [1.807, 2.05) is 50.2 Å². The summed E-state index contributed by atoms with van der Waals surface area (Å²) >= 11 is 0. The van der Waals surface area contributed by atoms with Crippen molar-refractivity contribution < 1.29 is 9.47 Å². The molecule has 0 heterocycles. The van der Waals surface area contributed by atoms with E-state index in [1.165, 1.54) is 0 Å². The molecule has 23 heavy (non-hydrogen) atoms. The Morgan fingerprint density at radius 3 is 2.61 bits per heavy atom. The van der Waals surface area contributed by atoms with Crippen LogP contribution in [0.15, 0.2) is 42.5 Å². The van der Waals surface area contributed by atoms with E-state index in [2.05, 4.69) is 11.4 Å². The lowest BCUT2D eigenvalue weighted by Gasteiger charge is -2.17. The molecule has 0 amide bonds. The van der Waals surface area contributed by atoms with Crippen molar-refractivity contribution in [1.82, 2.24) is 5.32 Å². The van der Waals surface area contributed by atoms with Gasteiger partial charge in [-0.15, -0.1) is 0 Å². The van der Waals surface area contributed by atoms with Crippen LogP contribution in [0, 0.1) is 11.3 Å². The number of benzene rings is 2. The van der Waals surface area contributed by atoms with Gasteiger partial charge < -0.3 is 14.8 Å². The van der Waals surface area contributed by atoms with Gasteiger partial charge >= 0.3 is 0 Å². The fraction of sp³-hybridized carbons (Fsp3) is 0.316. The van der Waals surface area contributed by atoms with Crippen molar-refractivity contribution in [2.24, 2.45) is 0 Å². The van der Waals surface area contributed by atoms with E-state index in [-0.39, 0.29) is 6.10 Å². The molecular formula is C19H22N2O2. The fourth-order valence-corrected chi connectivity index (χ4v) is 2.32. The second-order valence-electron chi connectivity index (χ2n) is 5.53. The van der Waals surface area contributed by atoms with E-state index in [4.69, 9.17) is 14.7 Å². The SMILES string of the molecule is COc1cccc(CNCc2cccc(C#N)c2)c1OC(C)C. The lowest BCUT2D eigenvalue weighted by Crippen LogP contribution is -2.15. The zero-order valence-corrected chi connectivity index (χ0v) is 13.8. The summed E-state index contributed by atoms with van der Waals surface area (Å²) in [5.41, 5.74) is 2.81. The third-order valence-electron chi connectivity index (χ3n) is 3.33. The number of ether oxygens (including phenoxy) is 2. The Morgan fingerprint density at radius 2 is 1.91 bits per heavy atom. The molecule has 2 rings (SSSR count). The zero-order chi connectivity index (χ0) is 16.7. The first-order valence-electron chi connectivity index (χ1n) is 7.66. The predicted octanol–water partition coefficient (Wildman–Crippen LogP) is 3.64. The van der Waals surface area contributed by atoms with Crippen LogP contribution in [-0.2, 0) is 13.1 Å². The van der Waals surface area contributed by atoms with E-state index < -0.39 is 0 Å². The summed E-state index contributed by atoms with van der Waals surface area (Å²) in [7, 11) is 1.65. The Morgan fingerprint density at radius 1 is 1.13 bits per heavy atom. The Hall–Kier alpha value is -2.51. The largest absolute Gasteiger partial charge is 0.493 e. The van der Waals surface area contributed by atoms with E-state index in [9.17, 15) is 0 Å². The number of nitrogens with zero attached hydrogens (tertiary/aromatic N) is 1. The number of nitriles is 1. The highest BCUT2D eigenvalue weighted by Crippen LogP contribution is 2.31. The molecule has 0 atom stereocenters. The van der Waals surface area contributed by atoms with Crippen LogP contribution < -0.4 is 14.8 Å². The third kappa shape index (κ3) is 4.73. The Kier molecular flexibility index (Phi) is 6.02. The van der Waals surface area contributed by atoms with Crippen molar-refractivity contribution in [2.75, 3.05) is 7.11 Å². The maximum atomic E-state index is 8.94. The number of rotatable bonds is 7.